The standard InChI is InChI=1S/C20H16N6O2/c21-19(28)16-7-8-17(26-20(16)23-12-24-26)14-5-3-13(4-6-14)10-18(27)25-15-2-1-9-22-11-15/h1-9,11-12H,10H2,(H2,21,28)(H,25,27). The summed E-state index contributed by atoms with van der Waals surface area (Å²) in [5.41, 5.74) is 9.28. The van der Waals surface area contributed by atoms with E-state index in [0.29, 0.717) is 16.9 Å². The lowest BCUT2D eigenvalue weighted by Crippen LogP contribution is -2.14. The Morgan fingerprint density at radius 2 is 1.89 bits per heavy atom. The Bertz CT molecular complexity index is 1150. The van der Waals surface area contributed by atoms with E-state index in [1.54, 1.807) is 41.2 Å². The first kappa shape index (κ1) is 17.3. The molecule has 8 heteroatoms. The number of fused-ring (bicyclic) bond motifs is 1. The van der Waals surface area contributed by atoms with Crippen LogP contribution in [0.1, 0.15) is 15.9 Å². The number of hydrogen-bond acceptors (Lipinski definition) is 5. The summed E-state index contributed by atoms with van der Waals surface area (Å²) in [6.07, 6.45) is 4.87. The maximum absolute atomic E-state index is 12.2. The quantitative estimate of drug-likeness (QED) is 0.556. The third-order valence-electron chi connectivity index (χ3n) is 4.25. The first-order chi connectivity index (χ1) is 13.6. The zero-order valence-corrected chi connectivity index (χ0v) is 14.7. The minimum atomic E-state index is -0.556. The topological polar surface area (TPSA) is 115 Å². The van der Waals surface area contributed by atoms with Crippen LogP contribution in [0.4, 0.5) is 5.69 Å². The van der Waals surface area contributed by atoms with E-state index in [1.165, 1.54) is 6.33 Å². The predicted molar refractivity (Wildman–Crippen MR) is 104 cm³/mol. The summed E-state index contributed by atoms with van der Waals surface area (Å²) in [4.78, 5) is 31.8. The molecular formula is C20H16N6O2. The molecule has 0 spiro atoms. The van der Waals surface area contributed by atoms with E-state index in [2.05, 4.69) is 20.4 Å². The van der Waals surface area contributed by atoms with Gasteiger partial charge >= 0.3 is 0 Å². The molecule has 8 nitrogen and oxygen atoms in total. The number of nitrogens with zero attached hydrogens (tertiary/aromatic N) is 4. The summed E-state index contributed by atoms with van der Waals surface area (Å²) in [5, 5.41) is 6.99. The fraction of sp³-hybridized carbons (Fsp3) is 0.0500. The van der Waals surface area contributed by atoms with Crippen molar-refractivity contribution in [1.82, 2.24) is 19.6 Å². The summed E-state index contributed by atoms with van der Waals surface area (Å²) in [6, 6.07) is 14.5. The smallest absolute Gasteiger partial charge is 0.252 e. The van der Waals surface area contributed by atoms with Gasteiger partial charge in [-0.1, -0.05) is 24.3 Å². The van der Waals surface area contributed by atoms with Gasteiger partial charge in [0.25, 0.3) is 5.91 Å². The second-order valence-electron chi connectivity index (χ2n) is 6.16. The van der Waals surface area contributed by atoms with Crippen molar-refractivity contribution in [3.63, 3.8) is 0 Å². The molecule has 138 valence electrons. The second-order valence-corrected chi connectivity index (χ2v) is 6.16. The van der Waals surface area contributed by atoms with Crippen LogP contribution >= 0.6 is 0 Å². The third-order valence-corrected chi connectivity index (χ3v) is 4.25. The minimum Gasteiger partial charge on any atom is -0.365 e. The van der Waals surface area contributed by atoms with Gasteiger partial charge in [-0.05, 0) is 29.8 Å². The first-order valence-corrected chi connectivity index (χ1v) is 8.53. The predicted octanol–water partition coefficient (Wildman–Crippen LogP) is 2.07. The number of carbonyl (C=O) groups is 2. The van der Waals surface area contributed by atoms with Crippen molar-refractivity contribution < 1.29 is 9.59 Å². The van der Waals surface area contributed by atoms with E-state index < -0.39 is 5.91 Å². The lowest BCUT2D eigenvalue weighted by molar-refractivity contribution is -0.115. The van der Waals surface area contributed by atoms with Gasteiger partial charge in [0.2, 0.25) is 5.91 Å². The van der Waals surface area contributed by atoms with Crippen molar-refractivity contribution in [2.45, 2.75) is 6.42 Å². The SMILES string of the molecule is NC(=O)c1ccc(-c2ccc(CC(=O)Nc3cccnc3)cc2)n2ncnc12. The van der Waals surface area contributed by atoms with Crippen molar-refractivity contribution in [1.29, 1.82) is 0 Å². The van der Waals surface area contributed by atoms with Crippen molar-refractivity contribution in [2.24, 2.45) is 5.73 Å². The summed E-state index contributed by atoms with van der Waals surface area (Å²) < 4.78 is 1.57. The fourth-order valence-electron chi connectivity index (χ4n) is 2.94. The number of hydrogen-bond donors (Lipinski definition) is 2. The molecule has 3 aromatic heterocycles. The molecule has 0 fully saturated rings. The number of nitrogens with one attached hydrogen (secondary N) is 1. The molecular weight excluding hydrogens is 356 g/mol. The van der Waals surface area contributed by atoms with Crippen LogP contribution in [-0.4, -0.2) is 31.4 Å². The van der Waals surface area contributed by atoms with Crippen LogP contribution in [0, 0.1) is 0 Å². The highest BCUT2D eigenvalue weighted by atomic mass is 16.2. The molecule has 0 radical (unpaired) electrons. The summed E-state index contributed by atoms with van der Waals surface area (Å²) >= 11 is 0. The maximum atomic E-state index is 12.2. The van der Waals surface area contributed by atoms with Crippen LogP contribution in [0.2, 0.25) is 0 Å². The van der Waals surface area contributed by atoms with Crippen LogP contribution in [0.25, 0.3) is 16.9 Å². The van der Waals surface area contributed by atoms with E-state index in [0.717, 1.165) is 16.8 Å². The average Bonchev–Trinajstić information content (AvgIpc) is 3.18. The Labute approximate surface area is 160 Å². The lowest BCUT2D eigenvalue weighted by Gasteiger charge is -2.08. The number of carbonyl (C=O) groups excluding carboxylic acids is 2. The van der Waals surface area contributed by atoms with E-state index in [4.69, 9.17) is 5.73 Å². The van der Waals surface area contributed by atoms with E-state index in [1.807, 2.05) is 24.3 Å². The monoisotopic (exact) mass is 372 g/mol. The molecule has 4 rings (SSSR count). The largest absolute Gasteiger partial charge is 0.365 e. The Morgan fingerprint density at radius 3 is 2.61 bits per heavy atom. The van der Waals surface area contributed by atoms with Crippen molar-refractivity contribution in [3.05, 3.63) is 78.4 Å². The van der Waals surface area contributed by atoms with E-state index >= 15 is 0 Å². The number of benzene rings is 1. The van der Waals surface area contributed by atoms with Crippen molar-refractivity contribution in [2.75, 3.05) is 5.32 Å². The number of nitrogens with two attached hydrogens (primary N) is 1. The first-order valence-electron chi connectivity index (χ1n) is 8.53. The Morgan fingerprint density at radius 1 is 1.07 bits per heavy atom. The molecule has 0 bridgehead atoms. The zero-order valence-electron chi connectivity index (χ0n) is 14.7. The van der Waals surface area contributed by atoms with Gasteiger partial charge in [-0.25, -0.2) is 9.50 Å². The molecule has 4 aromatic rings. The molecule has 0 saturated heterocycles. The highest BCUT2D eigenvalue weighted by molar-refractivity contribution is 5.99. The van der Waals surface area contributed by atoms with Gasteiger partial charge in [0.1, 0.15) is 6.33 Å². The third kappa shape index (κ3) is 3.43. The number of rotatable bonds is 5. The number of pyridine rings is 2. The molecule has 1 aromatic carbocycles. The number of amides is 2. The Balaban J connectivity index is 1.55. The van der Waals surface area contributed by atoms with Gasteiger partial charge in [0.15, 0.2) is 5.65 Å². The molecule has 0 saturated carbocycles. The summed E-state index contributed by atoms with van der Waals surface area (Å²) in [7, 11) is 0. The normalized spacial score (nSPS) is 10.7. The molecule has 3 N–H and O–H groups in total. The van der Waals surface area contributed by atoms with Gasteiger partial charge in [-0.3, -0.25) is 14.6 Å². The molecule has 28 heavy (non-hydrogen) atoms. The van der Waals surface area contributed by atoms with Crippen LogP contribution < -0.4 is 11.1 Å². The van der Waals surface area contributed by atoms with Gasteiger partial charge in [0.05, 0.1) is 29.6 Å². The van der Waals surface area contributed by atoms with Gasteiger partial charge in [0, 0.05) is 11.8 Å². The van der Waals surface area contributed by atoms with Crippen LogP contribution in [0.15, 0.2) is 67.3 Å². The number of primary amides is 1. The fourth-order valence-corrected chi connectivity index (χ4v) is 2.94. The molecule has 2 amide bonds. The average molecular weight is 372 g/mol. The highest BCUT2D eigenvalue weighted by Crippen LogP contribution is 2.22. The molecule has 0 unspecified atom stereocenters. The van der Waals surface area contributed by atoms with Gasteiger partial charge in [-0.15, -0.1) is 0 Å². The molecule has 0 aliphatic heterocycles. The molecule has 3 heterocycles. The van der Waals surface area contributed by atoms with Gasteiger partial charge in [-0.2, -0.15) is 5.10 Å². The minimum absolute atomic E-state index is 0.120. The van der Waals surface area contributed by atoms with Crippen LogP contribution in [0.5, 0.6) is 0 Å². The summed E-state index contributed by atoms with van der Waals surface area (Å²) in [6.45, 7) is 0. The molecule has 0 atom stereocenters. The maximum Gasteiger partial charge on any atom is 0.252 e. The highest BCUT2D eigenvalue weighted by Gasteiger charge is 2.13. The lowest BCUT2D eigenvalue weighted by atomic mass is 10.1. The molecule has 0 aliphatic rings. The van der Waals surface area contributed by atoms with Gasteiger partial charge < -0.3 is 11.1 Å². The van der Waals surface area contributed by atoms with Crippen LogP contribution in [0.3, 0.4) is 0 Å². The van der Waals surface area contributed by atoms with Crippen molar-refractivity contribution >= 4 is 23.1 Å². The Hall–Kier alpha value is -4.07. The number of anilines is 1. The molecule has 0 aliphatic carbocycles. The zero-order chi connectivity index (χ0) is 19.5. The number of aromatic nitrogens is 4. The summed E-state index contributed by atoms with van der Waals surface area (Å²) in [5.74, 6) is -0.676. The van der Waals surface area contributed by atoms with Crippen LogP contribution in [-0.2, 0) is 11.2 Å². The Kier molecular flexibility index (Phi) is 4.51. The van der Waals surface area contributed by atoms with Crippen molar-refractivity contribution in [3.8, 4) is 11.3 Å². The van der Waals surface area contributed by atoms with E-state index in [9.17, 15) is 9.59 Å². The van der Waals surface area contributed by atoms with E-state index in [-0.39, 0.29) is 12.3 Å². The second kappa shape index (κ2) is 7.28.